The lowest BCUT2D eigenvalue weighted by Gasteiger charge is -2.11. The molecule has 0 saturated carbocycles. The van der Waals surface area contributed by atoms with Gasteiger partial charge in [-0.2, -0.15) is 0 Å². The van der Waals surface area contributed by atoms with Crippen LogP contribution < -0.4 is 10.1 Å². The molecule has 1 heterocycles. The number of fused-ring (bicyclic) bond motifs is 1. The van der Waals surface area contributed by atoms with E-state index in [1.165, 1.54) is 0 Å². The van der Waals surface area contributed by atoms with Gasteiger partial charge in [-0.05, 0) is 48.9 Å². The number of nitrogens with zero attached hydrogens (tertiary/aromatic N) is 1. The lowest BCUT2D eigenvalue weighted by atomic mass is 10.2. The standard InChI is InChI=1S/C23H20N2O3/c1-16(23-25-20-9-5-6-10-21(20)28-23)24-22(26)18-11-13-19(14-12-18)27-15-17-7-3-2-4-8-17/h2-14,16H,15H2,1H3,(H,24,26). The number of hydrogen-bond donors (Lipinski definition) is 1. The summed E-state index contributed by atoms with van der Waals surface area (Å²) in [5.41, 5.74) is 3.13. The Labute approximate surface area is 163 Å². The largest absolute Gasteiger partial charge is 0.489 e. The van der Waals surface area contributed by atoms with Crippen molar-refractivity contribution < 1.29 is 13.9 Å². The molecule has 28 heavy (non-hydrogen) atoms. The van der Waals surface area contributed by atoms with Gasteiger partial charge in [0, 0.05) is 5.56 Å². The lowest BCUT2D eigenvalue weighted by Crippen LogP contribution is -2.26. The van der Waals surface area contributed by atoms with Crippen LogP contribution in [-0.2, 0) is 6.61 Å². The molecule has 4 aromatic rings. The zero-order valence-corrected chi connectivity index (χ0v) is 15.5. The van der Waals surface area contributed by atoms with E-state index in [1.54, 1.807) is 24.3 Å². The smallest absolute Gasteiger partial charge is 0.251 e. The van der Waals surface area contributed by atoms with Gasteiger partial charge in [0.2, 0.25) is 5.89 Å². The zero-order valence-electron chi connectivity index (χ0n) is 15.5. The molecule has 0 spiro atoms. The Hall–Kier alpha value is -3.60. The number of hydrogen-bond acceptors (Lipinski definition) is 4. The molecular weight excluding hydrogens is 352 g/mol. The molecule has 0 aliphatic carbocycles. The Balaban J connectivity index is 1.37. The van der Waals surface area contributed by atoms with Crippen LogP contribution in [0.2, 0.25) is 0 Å². The van der Waals surface area contributed by atoms with Crippen LogP contribution in [0.4, 0.5) is 0 Å². The van der Waals surface area contributed by atoms with Crippen molar-refractivity contribution >= 4 is 17.0 Å². The molecule has 5 heteroatoms. The lowest BCUT2D eigenvalue weighted by molar-refractivity contribution is 0.0934. The van der Waals surface area contributed by atoms with Crippen molar-refractivity contribution in [2.24, 2.45) is 0 Å². The van der Waals surface area contributed by atoms with Crippen molar-refractivity contribution in [2.45, 2.75) is 19.6 Å². The maximum Gasteiger partial charge on any atom is 0.251 e. The molecule has 1 aromatic heterocycles. The first-order chi connectivity index (χ1) is 13.7. The van der Waals surface area contributed by atoms with Gasteiger partial charge in [-0.3, -0.25) is 4.79 Å². The summed E-state index contributed by atoms with van der Waals surface area (Å²) in [5.74, 6) is 1.01. The number of amides is 1. The van der Waals surface area contributed by atoms with Gasteiger partial charge in [0.15, 0.2) is 5.58 Å². The van der Waals surface area contributed by atoms with Gasteiger partial charge in [0.05, 0.1) is 0 Å². The van der Waals surface area contributed by atoms with Crippen LogP contribution in [0.15, 0.2) is 83.3 Å². The Morgan fingerprint density at radius 3 is 2.46 bits per heavy atom. The van der Waals surface area contributed by atoms with E-state index in [0.29, 0.717) is 29.4 Å². The first kappa shape index (κ1) is 17.8. The minimum Gasteiger partial charge on any atom is -0.489 e. The molecule has 140 valence electrons. The summed E-state index contributed by atoms with van der Waals surface area (Å²) >= 11 is 0. The van der Waals surface area contributed by atoms with E-state index in [4.69, 9.17) is 9.15 Å². The van der Waals surface area contributed by atoms with E-state index in [2.05, 4.69) is 10.3 Å². The average Bonchev–Trinajstić information content (AvgIpc) is 3.18. The molecule has 4 rings (SSSR count). The SMILES string of the molecule is CC(NC(=O)c1ccc(OCc2ccccc2)cc1)c1nc2ccccc2o1. The Morgan fingerprint density at radius 1 is 1.00 bits per heavy atom. The van der Waals surface area contributed by atoms with Crippen LogP contribution in [0.1, 0.15) is 34.8 Å². The maximum atomic E-state index is 12.5. The molecule has 1 N–H and O–H groups in total. The highest BCUT2D eigenvalue weighted by molar-refractivity contribution is 5.94. The molecule has 0 aliphatic rings. The zero-order chi connectivity index (χ0) is 19.3. The summed E-state index contributed by atoms with van der Waals surface area (Å²) in [4.78, 5) is 16.9. The van der Waals surface area contributed by atoms with E-state index in [1.807, 2.05) is 61.5 Å². The normalized spacial score (nSPS) is 11.9. The number of rotatable bonds is 6. The van der Waals surface area contributed by atoms with Gasteiger partial charge in [-0.25, -0.2) is 4.98 Å². The molecule has 5 nitrogen and oxygen atoms in total. The van der Waals surface area contributed by atoms with E-state index in [9.17, 15) is 4.79 Å². The molecule has 0 saturated heterocycles. The molecule has 0 fully saturated rings. The average molecular weight is 372 g/mol. The molecule has 1 amide bonds. The van der Waals surface area contributed by atoms with Crippen LogP contribution in [0.3, 0.4) is 0 Å². The van der Waals surface area contributed by atoms with Crippen LogP contribution in [0.25, 0.3) is 11.1 Å². The minimum atomic E-state index is -0.339. The van der Waals surface area contributed by atoms with Gasteiger partial charge in [-0.15, -0.1) is 0 Å². The fraction of sp³-hybridized carbons (Fsp3) is 0.130. The third kappa shape index (κ3) is 4.04. The predicted octanol–water partition coefficient (Wildman–Crippen LogP) is 4.90. The number of nitrogens with one attached hydrogen (secondary N) is 1. The topological polar surface area (TPSA) is 64.4 Å². The van der Waals surface area contributed by atoms with Gasteiger partial charge >= 0.3 is 0 Å². The molecule has 0 radical (unpaired) electrons. The molecule has 0 bridgehead atoms. The number of oxazole rings is 1. The fourth-order valence-corrected chi connectivity index (χ4v) is 2.86. The van der Waals surface area contributed by atoms with Crippen molar-refractivity contribution in [3.63, 3.8) is 0 Å². The fourth-order valence-electron chi connectivity index (χ4n) is 2.86. The van der Waals surface area contributed by atoms with Gasteiger partial charge in [0.25, 0.3) is 5.91 Å². The maximum absolute atomic E-state index is 12.5. The quantitative estimate of drug-likeness (QED) is 0.523. The van der Waals surface area contributed by atoms with Gasteiger partial charge in [0.1, 0.15) is 23.9 Å². The van der Waals surface area contributed by atoms with Gasteiger partial charge in [-0.1, -0.05) is 42.5 Å². The Kier molecular flexibility index (Phi) is 5.06. The number of carbonyl (C=O) groups is 1. The summed E-state index contributed by atoms with van der Waals surface area (Å²) in [7, 11) is 0. The molecular formula is C23H20N2O3. The Bertz CT molecular complexity index is 1040. The second kappa shape index (κ2) is 7.96. The summed E-state index contributed by atoms with van der Waals surface area (Å²) in [6.45, 7) is 2.33. The monoisotopic (exact) mass is 372 g/mol. The summed E-state index contributed by atoms with van der Waals surface area (Å²) in [6.07, 6.45) is 0. The number of carbonyl (C=O) groups excluding carboxylic acids is 1. The van der Waals surface area contributed by atoms with Crippen LogP contribution in [-0.4, -0.2) is 10.9 Å². The summed E-state index contributed by atoms with van der Waals surface area (Å²) < 4.78 is 11.5. The highest BCUT2D eigenvalue weighted by Crippen LogP contribution is 2.20. The van der Waals surface area contributed by atoms with Gasteiger partial charge < -0.3 is 14.5 Å². The Morgan fingerprint density at radius 2 is 1.71 bits per heavy atom. The first-order valence-electron chi connectivity index (χ1n) is 9.12. The summed E-state index contributed by atoms with van der Waals surface area (Å²) in [6, 6.07) is 24.2. The van der Waals surface area contributed by atoms with Crippen molar-refractivity contribution in [2.75, 3.05) is 0 Å². The van der Waals surface area contributed by atoms with E-state index in [0.717, 1.165) is 11.1 Å². The highest BCUT2D eigenvalue weighted by atomic mass is 16.5. The van der Waals surface area contributed by atoms with Crippen molar-refractivity contribution in [1.82, 2.24) is 10.3 Å². The summed E-state index contributed by atoms with van der Waals surface area (Å²) in [5, 5.41) is 2.91. The van der Waals surface area contributed by atoms with Crippen molar-refractivity contribution in [3.8, 4) is 5.75 Å². The number of ether oxygens (including phenoxy) is 1. The van der Waals surface area contributed by atoms with Crippen LogP contribution in [0, 0.1) is 0 Å². The minimum absolute atomic E-state index is 0.190. The van der Waals surface area contributed by atoms with Crippen molar-refractivity contribution in [1.29, 1.82) is 0 Å². The van der Waals surface area contributed by atoms with E-state index < -0.39 is 0 Å². The van der Waals surface area contributed by atoms with Crippen molar-refractivity contribution in [3.05, 3.63) is 95.9 Å². The van der Waals surface area contributed by atoms with Crippen LogP contribution in [0.5, 0.6) is 5.75 Å². The first-order valence-corrected chi connectivity index (χ1v) is 9.12. The highest BCUT2D eigenvalue weighted by Gasteiger charge is 2.16. The van der Waals surface area contributed by atoms with E-state index in [-0.39, 0.29) is 11.9 Å². The number of benzene rings is 3. The molecule has 1 atom stereocenters. The van der Waals surface area contributed by atoms with Crippen LogP contribution >= 0.6 is 0 Å². The molecule has 3 aromatic carbocycles. The second-order valence-corrected chi connectivity index (χ2v) is 6.51. The third-order valence-corrected chi connectivity index (χ3v) is 4.39. The molecule has 0 aliphatic heterocycles. The third-order valence-electron chi connectivity index (χ3n) is 4.39. The predicted molar refractivity (Wildman–Crippen MR) is 107 cm³/mol. The number of para-hydroxylation sites is 2. The second-order valence-electron chi connectivity index (χ2n) is 6.51. The molecule has 1 unspecified atom stereocenters. The number of aromatic nitrogens is 1. The van der Waals surface area contributed by atoms with E-state index >= 15 is 0 Å².